The summed E-state index contributed by atoms with van der Waals surface area (Å²) in [6, 6.07) is 9.09. The van der Waals surface area contributed by atoms with Gasteiger partial charge in [-0.25, -0.2) is 4.58 Å². The van der Waals surface area contributed by atoms with Gasteiger partial charge in [-0.3, -0.25) is 0 Å². The Labute approximate surface area is 146 Å². The average Bonchev–Trinajstić information content (AvgIpc) is 3.25. The molecule has 2 aliphatic rings. The van der Waals surface area contributed by atoms with E-state index in [1.807, 2.05) is 30.3 Å². The highest BCUT2D eigenvalue weighted by atomic mass is 19.4. The highest BCUT2D eigenvalue weighted by molar-refractivity contribution is 5.84. The molecule has 3 rings (SSSR count). The first-order chi connectivity index (χ1) is 11.9. The Morgan fingerprint density at radius 2 is 1.84 bits per heavy atom. The largest absolute Gasteiger partial charge is 0.870 e. The Hall–Kier alpha value is -1.78. The first-order valence-corrected chi connectivity index (χ1v) is 9.07. The lowest BCUT2D eigenvalue weighted by molar-refractivity contribution is -0.509. The molecule has 2 unspecified atom stereocenters. The normalized spacial score (nSPS) is 23.3. The van der Waals surface area contributed by atoms with Crippen LogP contribution in [0.3, 0.4) is 0 Å². The molecule has 136 valence electrons. The van der Waals surface area contributed by atoms with Gasteiger partial charge in [0.1, 0.15) is 13.1 Å². The number of rotatable bonds is 4. The van der Waals surface area contributed by atoms with Gasteiger partial charge < -0.3 is 5.11 Å². The minimum Gasteiger partial charge on any atom is -0.870 e. The van der Waals surface area contributed by atoms with Gasteiger partial charge in [0.15, 0.2) is 5.71 Å². The van der Waals surface area contributed by atoms with Crippen LogP contribution in [0.15, 0.2) is 42.2 Å². The molecule has 0 spiro atoms. The Morgan fingerprint density at radius 1 is 1.16 bits per heavy atom. The van der Waals surface area contributed by atoms with E-state index in [0.29, 0.717) is 6.42 Å². The number of hydrogen-bond acceptors (Lipinski definition) is 1. The lowest BCUT2D eigenvalue weighted by Gasteiger charge is -2.23. The van der Waals surface area contributed by atoms with Crippen LogP contribution in [-0.2, 0) is 0 Å². The minimum absolute atomic E-state index is 0.278. The van der Waals surface area contributed by atoms with Crippen LogP contribution in [0.4, 0.5) is 13.2 Å². The molecule has 5 heteroatoms. The van der Waals surface area contributed by atoms with Crippen molar-refractivity contribution in [1.82, 2.24) is 0 Å². The molecule has 2 fully saturated rings. The molecule has 0 radical (unpaired) electrons. The standard InChI is InChI=1S/C20H24F3NO/c21-20(22,23)19(25)14-17(15-7-2-1-3-8-15)13-16-9-6-10-18(16)24-11-4-5-12-24/h1-3,7-8,14,16-17H,4-6,9-13H2/b19-14-. The third-order valence-corrected chi connectivity index (χ3v) is 5.37. The number of alkyl halides is 3. The molecule has 1 saturated heterocycles. The molecule has 1 aromatic rings. The van der Waals surface area contributed by atoms with Crippen molar-refractivity contribution >= 4 is 5.71 Å². The molecule has 2 nitrogen and oxygen atoms in total. The fourth-order valence-electron chi connectivity index (χ4n) is 4.16. The average molecular weight is 351 g/mol. The van der Waals surface area contributed by atoms with E-state index in [1.54, 1.807) is 0 Å². The van der Waals surface area contributed by atoms with Gasteiger partial charge in [0.25, 0.3) is 0 Å². The Kier molecular flexibility index (Phi) is 5.50. The maximum atomic E-state index is 12.8. The predicted octanol–water partition coefficient (Wildman–Crippen LogP) is 4.01. The van der Waals surface area contributed by atoms with Crippen LogP contribution in [0.25, 0.3) is 0 Å². The molecule has 0 bridgehead atoms. The summed E-state index contributed by atoms with van der Waals surface area (Å²) in [7, 11) is 0. The maximum absolute atomic E-state index is 12.8. The number of halogens is 3. The van der Waals surface area contributed by atoms with Crippen LogP contribution in [0.2, 0.25) is 0 Å². The minimum atomic E-state index is -4.80. The highest BCUT2D eigenvalue weighted by Gasteiger charge is 2.34. The number of allylic oxidation sites excluding steroid dienone is 2. The zero-order chi connectivity index (χ0) is 17.9. The SMILES string of the molecule is [O-]/C(=C\C(CC1CCCC1=[N+]1CCCC1)c1ccccc1)C(F)(F)F. The van der Waals surface area contributed by atoms with Gasteiger partial charge in [0, 0.05) is 31.1 Å². The van der Waals surface area contributed by atoms with E-state index < -0.39 is 17.9 Å². The van der Waals surface area contributed by atoms with Crippen molar-refractivity contribution in [2.45, 2.75) is 50.6 Å². The molecule has 0 aromatic heterocycles. The number of nitrogens with zero attached hydrogens (tertiary/aromatic N) is 1. The maximum Gasteiger partial charge on any atom is 0.402 e. The monoisotopic (exact) mass is 351 g/mol. The topological polar surface area (TPSA) is 26.1 Å². The summed E-state index contributed by atoms with van der Waals surface area (Å²) < 4.78 is 40.7. The van der Waals surface area contributed by atoms with Gasteiger partial charge in [-0.15, -0.1) is 0 Å². The quantitative estimate of drug-likeness (QED) is 0.594. The van der Waals surface area contributed by atoms with Crippen LogP contribution >= 0.6 is 0 Å². The Morgan fingerprint density at radius 3 is 2.48 bits per heavy atom. The molecule has 0 amide bonds. The van der Waals surface area contributed by atoms with Gasteiger partial charge in [-0.05, 0) is 30.6 Å². The second-order valence-corrected chi connectivity index (χ2v) is 7.06. The van der Waals surface area contributed by atoms with Gasteiger partial charge in [-0.1, -0.05) is 36.4 Å². The van der Waals surface area contributed by atoms with Crippen molar-refractivity contribution in [1.29, 1.82) is 0 Å². The van der Waals surface area contributed by atoms with Crippen molar-refractivity contribution in [3.05, 3.63) is 47.7 Å². The Bertz CT molecular complexity index is 641. The van der Waals surface area contributed by atoms with Gasteiger partial charge in [0.05, 0.1) is 0 Å². The smallest absolute Gasteiger partial charge is 0.402 e. The summed E-state index contributed by atoms with van der Waals surface area (Å²) >= 11 is 0. The summed E-state index contributed by atoms with van der Waals surface area (Å²) in [5, 5.41) is 11.6. The van der Waals surface area contributed by atoms with Crippen molar-refractivity contribution in [2.75, 3.05) is 13.1 Å². The molecule has 1 aliphatic heterocycles. The third-order valence-electron chi connectivity index (χ3n) is 5.37. The second kappa shape index (κ2) is 7.63. The molecule has 25 heavy (non-hydrogen) atoms. The van der Waals surface area contributed by atoms with Gasteiger partial charge in [-0.2, -0.15) is 13.2 Å². The van der Waals surface area contributed by atoms with Gasteiger partial charge >= 0.3 is 6.18 Å². The lowest BCUT2D eigenvalue weighted by Crippen LogP contribution is -2.25. The summed E-state index contributed by atoms with van der Waals surface area (Å²) in [6.07, 6.45) is 2.18. The van der Waals surface area contributed by atoms with Crippen molar-refractivity contribution < 1.29 is 22.9 Å². The summed E-state index contributed by atoms with van der Waals surface area (Å²) in [6.45, 7) is 2.13. The van der Waals surface area contributed by atoms with Crippen molar-refractivity contribution in [3.8, 4) is 0 Å². The first kappa shape index (κ1) is 18.0. The van der Waals surface area contributed by atoms with Crippen LogP contribution in [0.5, 0.6) is 0 Å². The third kappa shape index (κ3) is 4.44. The number of benzene rings is 1. The van der Waals surface area contributed by atoms with Crippen molar-refractivity contribution in [3.63, 3.8) is 0 Å². The van der Waals surface area contributed by atoms with E-state index in [-0.39, 0.29) is 5.92 Å². The van der Waals surface area contributed by atoms with E-state index in [0.717, 1.165) is 44.0 Å². The molecule has 1 aliphatic carbocycles. The molecule has 1 heterocycles. The fraction of sp³-hybridized carbons (Fsp3) is 0.550. The van der Waals surface area contributed by atoms with E-state index in [4.69, 9.17) is 0 Å². The summed E-state index contributed by atoms with van der Waals surface area (Å²) in [5.41, 5.74) is 2.18. The lowest BCUT2D eigenvalue weighted by atomic mass is 9.86. The van der Waals surface area contributed by atoms with Crippen LogP contribution in [0.1, 0.15) is 50.0 Å². The van der Waals surface area contributed by atoms with Crippen LogP contribution in [0, 0.1) is 5.92 Å². The molecular formula is C20H24F3NO. The fourth-order valence-corrected chi connectivity index (χ4v) is 4.16. The summed E-state index contributed by atoms with van der Waals surface area (Å²) in [5.74, 6) is -1.95. The summed E-state index contributed by atoms with van der Waals surface area (Å²) in [4.78, 5) is 0. The van der Waals surface area contributed by atoms with E-state index in [1.165, 1.54) is 18.6 Å². The Balaban J connectivity index is 1.86. The van der Waals surface area contributed by atoms with Gasteiger partial charge in [0.2, 0.25) is 0 Å². The molecule has 0 N–H and O–H groups in total. The molecular weight excluding hydrogens is 327 g/mol. The number of hydrogen-bond donors (Lipinski definition) is 0. The first-order valence-electron chi connectivity index (χ1n) is 9.07. The second-order valence-electron chi connectivity index (χ2n) is 7.06. The van der Waals surface area contributed by atoms with Crippen molar-refractivity contribution in [2.24, 2.45) is 5.92 Å². The molecule has 2 atom stereocenters. The van der Waals surface area contributed by atoms with E-state index >= 15 is 0 Å². The molecule has 1 saturated carbocycles. The zero-order valence-electron chi connectivity index (χ0n) is 14.3. The van der Waals surface area contributed by atoms with Crippen LogP contribution in [-0.4, -0.2) is 29.6 Å². The zero-order valence-corrected chi connectivity index (χ0v) is 14.3. The van der Waals surface area contributed by atoms with E-state index in [9.17, 15) is 18.3 Å². The van der Waals surface area contributed by atoms with Crippen LogP contribution < -0.4 is 5.11 Å². The predicted molar refractivity (Wildman–Crippen MR) is 89.5 cm³/mol. The molecule has 1 aromatic carbocycles. The van der Waals surface area contributed by atoms with E-state index in [2.05, 4.69) is 4.58 Å². The highest BCUT2D eigenvalue weighted by Crippen LogP contribution is 2.35.